The molecule has 2 N–H and O–H groups in total. The standard InChI is InChI=1S/C16H15N3O3S/c1-10(20)15-13(14(19-22-15)12-6-4-8-23-12)16(21)18-9-11-5-2-3-7-17-11/h2-8,10,20H,9H2,1H3,(H,18,21). The summed E-state index contributed by atoms with van der Waals surface area (Å²) in [4.78, 5) is 17.5. The largest absolute Gasteiger partial charge is 0.385 e. The van der Waals surface area contributed by atoms with Crippen molar-refractivity contribution in [2.24, 2.45) is 0 Å². The smallest absolute Gasteiger partial charge is 0.257 e. The third-order valence-electron chi connectivity index (χ3n) is 3.24. The van der Waals surface area contributed by atoms with Crippen molar-refractivity contribution in [3.63, 3.8) is 0 Å². The molecule has 0 aliphatic heterocycles. The van der Waals surface area contributed by atoms with Gasteiger partial charge >= 0.3 is 0 Å². The minimum atomic E-state index is -0.924. The Morgan fingerprint density at radius 1 is 1.39 bits per heavy atom. The van der Waals surface area contributed by atoms with Crippen LogP contribution in [-0.2, 0) is 6.54 Å². The van der Waals surface area contributed by atoms with E-state index in [4.69, 9.17) is 4.52 Å². The first kappa shape index (κ1) is 15.4. The van der Waals surface area contributed by atoms with Crippen molar-refractivity contribution >= 4 is 17.2 Å². The topological polar surface area (TPSA) is 88.2 Å². The first-order valence-electron chi connectivity index (χ1n) is 7.06. The summed E-state index contributed by atoms with van der Waals surface area (Å²) in [6.07, 6.45) is 0.742. The Kier molecular flexibility index (Phi) is 4.50. The minimum absolute atomic E-state index is 0.159. The van der Waals surface area contributed by atoms with Gasteiger partial charge in [0.15, 0.2) is 5.76 Å². The zero-order chi connectivity index (χ0) is 16.2. The molecule has 6 nitrogen and oxygen atoms in total. The van der Waals surface area contributed by atoms with Crippen LogP contribution in [0, 0.1) is 0 Å². The van der Waals surface area contributed by atoms with Crippen LogP contribution in [0.5, 0.6) is 0 Å². The van der Waals surface area contributed by atoms with Crippen LogP contribution in [0.3, 0.4) is 0 Å². The Labute approximate surface area is 136 Å². The predicted octanol–water partition coefficient (Wildman–Crippen LogP) is 2.78. The average molecular weight is 329 g/mol. The third-order valence-corrected chi connectivity index (χ3v) is 4.11. The van der Waals surface area contributed by atoms with Gasteiger partial charge in [-0.15, -0.1) is 11.3 Å². The van der Waals surface area contributed by atoms with Crippen LogP contribution in [0.15, 0.2) is 46.4 Å². The number of amides is 1. The molecule has 3 rings (SSSR count). The summed E-state index contributed by atoms with van der Waals surface area (Å²) in [5.41, 5.74) is 1.45. The van der Waals surface area contributed by atoms with E-state index in [0.717, 1.165) is 10.6 Å². The van der Waals surface area contributed by atoms with E-state index in [1.54, 1.807) is 6.20 Å². The fourth-order valence-corrected chi connectivity index (χ4v) is 2.86. The molecule has 1 amide bonds. The highest BCUT2D eigenvalue weighted by molar-refractivity contribution is 7.13. The molecule has 1 atom stereocenters. The molecule has 0 saturated carbocycles. The van der Waals surface area contributed by atoms with Gasteiger partial charge < -0.3 is 14.9 Å². The number of hydrogen-bond donors (Lipinski definition) is 2. The lowest BCUT2D eigenvalue weighted by molar-refractivity contribution is 0.0937. The molecule has 0 bridgehead atoms. The molecule has 0 fully saturated rings. The van der Waals surface area contributed by atoms with E-state index in [1.165, 1.54) is 18.3 Å². The zero-order valence-corrected chi connectivity index (χ0v) is 13.2. The molecule has 0 spiro atoms. The van der Waals surface area contributed by atoms with Crippen molar-refractivity contribution < 1.29 is 14.4 Å². The van der Waals surface area contributed by atoms with Gasteiger partial charge in [-0.05, 0) is 30.5 Å². The van der Waals surface area contributed by atoms with Gasteiger partial charge in [0.05, 0.1) is 17.1 Å². The number of carbonyl (C=O) groups excluding carboxylic acids is 1. The Hall–Kier alpha value is -2.51. The number of hydrogen-bond acceptors (Lipinski definition) is 6. The first-order valence-corrected chi connectivity index (χ1v) is 7.94. The fourth-order valence-electron chi connectivity index (χ4n) is 2.15. The van der Waals surface area contributed by atoms with Gasteiger partial charge in [-0.25, -0.2) is 0 Å². The number of aliphatic hydroxyl groups excluding tert-OH is 1. The Bertz CT molecular complexity index is 782. The molecule has 23 heavy (non-hydrogen) atoms. The maximum absolute atomic E-state index is 12.6. The summed E-state index contributed by atoms with van der Waals surface area (Å²) < 4.78 is 5.18. The normalized spacial score (nSPS) is 12.1. The SMILES string of the molecule is CC(O)c1onc(-c2cccs2)c1C(=O)NCc1ccccn1. The zero-order valence-electron chi connectivity index (χ0n) is 12.4. The number of aromatic nitrogens is 2. The molecule has 0 radical (unpaired) electrons. The number of nitrogens with zero attached hydrogens (tertiary/aromatic N) is 2. The van der Waals surface area contributed by atoms with Crippen LogP contribution in [-0.4, -0.2) is 21.2 Å². The number of rotatable bonds is 5. The Morgan fingerprint density at radius 3 is 2.91 bits per heavy atom. The number of nitrogens with one attached hydrogen (secondary N) is 1. The monoisotopic (exact) mass is 329 g/mol. The van der Waals surface area contributed by atoms with E-state index >= 15 is 0 Å². The van der Waals surface area contributed by atoms with Crippen molar-refractivity contribution in [3.8, 4) is 10.6 Å². The molecule has 1 unspecified atom stereocenters. The second-order valence-electron chi connectivity index (χ2n) is 4.93. The lowest BCUT2D eigenvalue weighted by Gasteiger charge is -2.07. The summed E-state index contributed by atoms with van der Waals surface area (Å²) in [7, 11) is 0. The summed E-state index contributed by atoms with van der Waals surface area (Å²) in [5, 5.41) is 18.5. The van der Waals surface area contributed by atoms with Crippen LogP contribution >= 0.6 is 11.3 Å². The molecule has 0 aliphatic rings. The first-order chi connectivity index (χ1) is 11.2. The van der Waals surface area contributed by atoms with Crippen molar-refractivity contribution in [3.05, 3.63) is 58.9 Å². The van der Waals surface area contributed by atoms with Crippen molar-refractivity contribution in [2.45, 2.75) is 19.6 Å². The lowest BCUT2D eigenvalue weighted by Crippen LogP contribution is -2.24. The summed E-state index contributed by atoms with van der Waals surface area (Å²) in [6, 6.07) is 9.21. The van der Waals surface area contributed by atoms with Crippen LogP contribution in [0.2, 0.25) is 0 Å². The molecule has 118 valence electrons. The summed E-state index contributed by atoms with van der Waals surface area (Å²) >= 11 is 1.45. The molecule has 3 heterocycles. The highest BCUT2D eigenvalue weighted by atomic mass is 32.1. The molecule has 0 aliphatic carbocycles. The number of carbonyl (C=O) groups is 1. The molecule has 0 saturated heterocycles. The second-order valence-corrected chi connectivity index (χ2v) is 5.88. The minimum Gasteiger partial charge on any atom is -0.385 e. The van der Waals surface area contributed by atoms with Crippen LogP contribution in [0.25, 0.3) is 10.6 Å². The number of thiophene rings is 1. The van der Waals surface area contributed by atoms with Gasteiger partial charge in [-0.2, -0.15) is 0 Å². The van der Waals surface area contributed by atoms with Gasteiger partial charge in [0.1, 0.15) is 17.4 Å². The van der Waals surface area contributed by atoms with Gasteiger partial charge in [0.25, 0.3) is 5.91 Å². The van der Waals surface area contributed by atoms with Crippen molar-refractivity contribution in [2.75, 3.05) is 0 Å². The Morgan fingerprint density at radius 2 is 2.26 bits per heavy atom. The summed E-state index contributed by atoms with van der Waals surface area (Å²) in [6.45, 7) is 1.82. The molecule has 0 aromatic carbocycles. The van der Waals surface area contributed by atoms with Gasteiger partial charge in [0, 0.05) is 6.20 Å². The molecular formula is C16H15N3O3S. The van der Waals surface area contributed by atoms with Gasteiger partial charge in [0.2, 0.25) is 0 Å². The number of pyridine rings is 1. The van der Waals surface area contributed by atoms with E-state index in [0.29, 0.717) is 5.69 Å². The highest BCUT2D eigenvalue weighted by Crippen LogP contribution is 2.31. The lowest BCUT2D eigenvalue weighted by atomic mass is 10.1. The maximum atomic E-state index is 12.6. The van der Waals surface area contributed by atoms with Crippen LogP contribution in [0.1, 0.15) is 34.8 Å². The molecule has 3 aromatic rings. The van der Waals surface area contributed by atoms with Gasteiger partial charge in [-0.1, -0.05) is 17.3 Å². The molecular weight excluding hydrogens is 314 g/mol. The van der Waals surface area contributed by atoms with Crippen molar-refractivity contribution in [1.82, 2.24) is 15.5 Å². The van der Waals surface area contributed by atoms with E-state index < -0.39 is 6.10 Å². The predicted molar refractivity (Wildman–Crippen MR) is 85.9 cm³/mol. The molecule has 3 aromatic heterocycles. The van der Waals surface area contributed by atoms with E-state index in [1.807, 2.05) is 35.7 Å². The average Bonchev–Trinajstić information content (AvgIpc) is 3.22. The van der Waals surface area contributed by atoms with Gasteiger partial charge in [-0.3, -0.25) is 9.78 Å². The van der Waals surface area contributed by atoms with Crippen LogP contribution < -0.4 is 5.32 Å². The third kappa shape index (κ3) is 3.30. The highest BCUT2D eigenvalue weighted by Gasteiger charge is 2.26. The van der Waals surface area contributed by atoms with E-state index in [-0.39, 0.29) is 23.8 Å². The maximum Gasteiger partial charge on any atom is 0.257 e. The quantitative estimate of drug-likeness (QED) is 0.751. The molecule has 7 heteroatoms. The van der Waals surface area contributed by atoms with E-state index in [2.05, 4.69) is 15.5 Å². The fraction of sp³-hybridized carbons (Fsp3) is 0.188. The van der Waals surface area contributed by atoms with Crippen LogP contribution in [0.4, 0.5) is 0 Å². The second kappa shape index (κ2) is 6.72. The number of aliphatic hydroxyl groups is 1. The summed E-state index contributed by atoms with van der Waals surface area (Å²) in [5.74, 6) is -0.192. The van der Waals surface area contributed by atoms with Crippen molar-refractivity contribution in [1.29, 1.82) is 0 Å². The van der Waals surface area contributed by atoms with E-state index in [9.17, 15) is 9.90 Å². The Balaban J connectivity index is 1.88.